The number of hydrogen-bond acceptors (Lipinski definition) is 6. The molecule has 0 aromatic carbocycles. The Kier molecular flexibility index (Phi) is 13.7. The molecule has 5 atom stereocenters. The van der Waals surface area contributed by atoms with E-state index in [0.29, 0.717) is 32.2 Å². The molecule has 0 bridgehead atoms. The molecule has 0 spiro atoms. The largest absolute Gasteiger partial charge is 0.480 e. The Hall–Kier alpha value is -2.20. The van der Waals surface area contributed by atoms with Crippen molar-refractivity contribution in [3.8, 4) is 0 Å². The van der Waals surface area contributed by atoms with Crippen LogP contribution in [-0.4, -0.2) is 60.0 Å². The van der Waals surface area contributed by atoms with Crippen molar-refractivity contribution in [3.05, 3.63) is 0 Å². The minimum Gasteiger partial charge on any atom is -0.480 e. The topological polar surface area (TPSA) is 177 Å². The van der Waals surface area contributed by atoms with Crippen LogP contribution < -0.4 is 27.4 Å². The fraction of sp³-hybridized carbons (Fsp3) is 0.800. The van der Waals surface area contributed by atoms with Gasteiger partial charge < -0.3 is 32.5 Å². The fourth-order valence-electron chi connectivity index (χ4n) is 2.74. The molecule has 0 saturated carbocycles. The van der Waals surface area contributed by atoms with E-state index in [1.807, 2.05) is 20.8 Å². The molecule has 0 fully saturated rings. The van der Waals surface area contributed by atoms with Crippen LogP contribution in [0.1, 0.15) is 59.8 Å². The summed E-state index contributed by atoms with van der Waals surface area (Å²) in [6.45, 7) is 7.40. The lowest BCUT2D eigenvalue weighted by atomic mass is 9.98. The van der Waals surface area contributed by atoms with Crippen LogP contribution >= 0.6 is 0 Å². The second-order valence-electron chi connectivity index (χ2n) is 7.74. The molecule has 0 aliphatic carbocycles. The second-order valence-corrected chi connectivity index (χ2v) is 7.74. The predicted molar refractivity (Wildman–Crippen MR) is 114 cm³/mol. The van der Waals surface area contributed by atoms with Crippen LogP contribution in [0.25, 0.3) is 0 Å². The number of carbonyl (C=O) groups excluding carboxylic acids is 3. The van der Waals surface area contributed by atoms with Crippen LogP contribution in [0.4, 0.5) is 0 Å². The first-order chi connectivity index (χ1) is 14.1. The van der Waals surface area contributed by atoms with Crippen molar-refractivity contribution in [1.82, 2.24) is 16.0 Å². The quantitative estimate of drug-likeness (QED) is 0.194. The van der Waals surface area contributed by atoms with Gasteiger partial charge in [-0.15, -0.1) is 0 Å². The molecule has 3 amide bonds. The van der Waals surface area contributed by atoms with E-state index in [1.54, 1.807) is 6.92 Å². The molecule has 10 nitrogen and oxygen atoms in total. The second kappa shape index (κ2) is 14.7. The third-order valence-electron chi connectivity index (χ3n) is 5.36. The third kappa shape index (κ3) is 10.0. The summed E-state index contributed by atoms with van der Waals surface area (Å²) < 4.78 is 0. The van der Waals surface area contributed by atoms with Gasteiger partial charge in [0.15, 0.2) is 0 Å². The van der Waals surface area contributed by atoms with Gasteiger partial charge in [-0.25, -0.2) is 4.79 Å². The Labute approximate surface area is 178 Å². The molecular weight excluding hydrogens is 390 g/mol. The van der Waals surface area contributed by atoms with Gasteiger partial charge >= 0.3 is 5.97 Å². The molecule has 0 aromatic heterocycles. The number of amides is 3. The Morgan fingerprint density at radius 1 is 0.933 bits per heavy atom. The zero-order chi connectivity index (χ0) is 23.3. The van der Waals surface area contributed by atoms with Gasteiger partial charge in [-0.1, -0.05) is 40.5 Å². The van der Waals surface area contributed by atoms with Gasteiger partial charge in [-0.05, 0) is 37.6 Å². The van der Waals surface area contributed by atoms with Gasteiger partial charge in [-0.3, -0.25) is 14.4 Å². The van der Waals surface area contributed by atoms with Crippen molar-refractivity contribution in [2.75, 3.05) is 13.1 Å². The van der Waals surface area contributed by atoms with Crippen molar-refractivity contribution in [2.24, 2.45) is 23.3 Å². The van der Waals surface area contributed by atoms with Crippen molar-refractivity contribution >= 4 is 23.7 Å². The summed E-state index contributed by atoms with van der Waals surface area (Å²) in [5, 5.41) is 16.8. The summed E-state index contributed by atoms with van der Waals surface area (Å²) in [7, 11) is 0. The smallest absolute Gasteiger partial charge is 0.326 e. The fourth-order valence-corrected chi connectivity index (χ4v) is 2.74. The standard InChI is InChI=1S/C20H39N5O5/c1-5-12(3)16(22)19(28)24-14(9-7-8-10-21)18(27)23-11-15(26)25-17(20(29)30)13(4)6-2/h12-14,16-17H,5-11,21-22H2,1-4H3,(H,23,27)(H,24,28)(H,25,26)(H,29,30). The van der Waals surface area contributed by atoms with E-state index < -0.39 is 41.8 Å². The van der Waals surface area contributed by atoms with Gasteiger partial charge in [-0.2, -0.15) is 0 Å². The molecule has 0 heterocycles. The molecule has 8 N–H and O–H groups in total. The van der Waals surface area contributed by atoms with Crippen LogP contribution in [0.15, 0.2) is 0 Å². The normalized spacial score (nSPS) is 15.9. The number of carbonyl (C=O) groups is 4. The van der Waals surface area contributed by atoms with E-state index in [2.05, 4.69) is 16.0 Å². The number of carboxylic acid groups (broad SMARTS) is 1. The van der Waals surface area contributed by atoms with Crippen LogP contribution in [-0.2, 0) is 19.2 Å². The predicted octanol–water partition coefficient (Wildman–Crippen LogP) is -0.295. The molecule has 0 aromatic rings. The number of nitrogens with two attached hydrogens (primary N) is 2. The molecule has 0 saturated heterocycles. The highest BCUT2D eigenvalue weighted by Gasteiger charge is 2.28. The summed E-state index contributed by atoms with van der Waals surface area (Å²) in [5.41, 5.74) is 11.4. The Balaban J connectivity index is 4.92. The number of unbranched alkanes of at least 4 members (excludes halogenated alkanes) is 1. The molecular formula is C20H39N5O5. The van der Waals surface area contributed by atoms with E-state index in [0.717, 1.165) is 6.42 Å². The molecule has 0 radical (unpaired) electrons. The maximum Gasteiger partial charge on any atom is 0.326 e. The van der Waals surface area contributed by atoms with Crippen molar-refractivity contribution in [1.29, 1.82) is 0 Å². The number of aliphatic carboxylic acids is 1. The third-order valence-corrected chi connectivity index (χ3v) is 5.36. The van der Waals surface area contributed by atoms with Crippen LogP contribution in [0.3, 0.4) is 0 Å². The molecule has 174 valence electrons. The average molecular weight is 430 g/mol. The Morgan fingerprint density at radius 3 is 2.03 bits per heavy atom. The van der Waals surface area contributed by atoms with E-state index in [-0.39, 0.29) is 18.4 Å². The highest BCUT2D eigenvalue weighted by atomic mass is 16.4. The zero-order valence-electron chi connectivity index (χ0n) is 18.6. The zero-order valence-corrected chi connectivity index (χ0v) is 18.6. The SMILES string of the molecule is CCC(C)C(N)C(=O)NC(CCCCN)C(=O)NCC(=O)NC(C(=O)O)C(C)CC. The van der Waals surface area contributed by atoms with Crippen LogP contribution in [0.2, 0.25) is 0 Å². The summed E-state index contributed by atoms with van der Waals surface area (Å²) in [6.07, 6.45) is 2.96. The summed E-state index contributed by atoms with van der Waals surface area (Å²) >= 11 is 0. The van der Waals surface area contributed by atoms with Crippen molar-refractivity contribution < 1.29 is 24.3 Å². The summed E-state index contributed by atoms with van der Waals surface area (Å²) in [4.78, 5) is 48.4. The Bertz CT molecular complexity index is 572. The first-order valence-corrected chi connectivity index (χ1v) is 10.6. The lowest BCUT2D eigenvalue weighted by molar-refractivity contribution is -0.143. The van der Waals surface area contributed by atoms with Gasteiger partial charge in [0.2, 0.25) is 17.7 Å². The lowest BCUT2D eigenvalue weighted by Crippen LogP contribution is -2.54. The molecule has 30 heavy (non-hydrogen) atoms. The molecule has 0 rings (SSSR count). The van der Waals surface area contributed by atoms with E-state index in [1.165, 1.54) is 0 Å². The molecule has 0 aliphatic rings. The van der Waals surface area contributed by atoms with Gasteiger partial charge in [0.25, 0.3) is 0 Å². The minimum absolute atomic E-state index is 0.0444. The maximum absolute atomic E-state index is 12.6. The van der Waals surface area contributed by atoms with Crippen LogP contribution in [0.5, 0.6) is 0 Å². The monoisotopic (exact) mass is 429 g/mol. The molecule has 0 aliphatic heterocycles. The highest BCUT2D eigenvalue weighted by molar-refractivity contribution is 5.92. The van der Waals surface area contributed by atoms with Crippen LogP contribution in [0, 0.1) is 11.8 Å². The van der Waals surface area contributed by atoms with Crippen molar-refractivity contribution in [3.63, 3.8) is 0 Å². The highest BCUT2D eigenvalue weighted by Crippen LogP contribution is 2.08. The van der Waals surface area contributed by atoms with Gasteiger partial charge in [0.1, 0.15) is 12.1 Å². The summed E-state index contributed by atoms with van der Waals surface area (Å²) in [6, 6.07) is -2.63. The first kappa shape index (κ1) is 27.8. The number of carboxylic acids is 1. The number of rotatable bonds is 15. The van der Waals surface area contributed by atoms with Gasteiger partial charge in [0, 0.05) is 0 Å². The Morgan fingerprint density at radius 2 is 1.53 bits per heavy atom. The van der Waals surface area contributed by atoms with Crippen molar-refractivity contribution in [2.45, 2.75) is 77.9 Å². The van der Waals surface area contributed by atoms with E-state index >= 15 is 0 Å². The van der Waals surface area contributed by atoms with Gasteiger partial charge in [0.05, 0.1) is 12.6 Å². The molecule has 5 unspecified atom stereocenters. The number of nitrogens with one attached hydrogen (secondary N) is 3. The van der Waals surface area contributed by atoms with E-state index in [9.17, 15) is 24.3 Å². The molecule has 10 heteroatoms. The average Bonchev–Trinajstić information content (AvgIpc) is 2.72. The minimum atomic E-state index is -1.13. The summed E-state index contributed by atoms with van der Waals surface area (Å²) in [5.74, 6) is -2.99. The van der Waals surface area contributed by atoms with E-state index in [4.69, 9.17) is 11.5 Å². The lowest BCUT2D eigenvalue weighted by Gasteiger charge is -2.23. The first-order valence-electron chi connectivity index (χ1n) is 10.6. The number of hydrogen-bond donors (Lipinski definition) is 6. The maximum atomic E-state index is 12.6.